The van der Waals surface area contributed by atoms with E-state index in [4.69, 9.17) is 28.3 Å². The van der Waals surface area contributed by atoms with Crippen LogP contribution in [0.15, 0.2) is 24.3 Å². The topological polar surface area (TPSA) is 80.9 Å². The standard InChI is InChI=1S/C14H10Cl2N4O2/c1-7-17-9-3-4-10(14(21)22)18-13(9)20(7)6-8-2-5-11(15)19-12(8)16/h2-5H,6H2,1H3,(H,21,22). The lowest BCUT2D eigenvalue weighted by Crippen LogP contribution is -2.06. The van der Waals surface area contributed by atoms with Gasteiger partial charge in [-0.1, -0.05) is 29.3 Å². The van der Waals surface area contributed by atoms with Gasteiger partial charge in [0, 0.05) is 5.56 Å². The molecule has 3 heterocycles. The maximum atomic E-state index is 11.1. The largest absolute Gasteiger partial charge is 0.477 e. The van der Waals surface area contributed by atoms with Crippen LogP contribution in [-0.2, 0) is 6.54 Å². The van der Waals surface area contributed by atoms with Crippen LogP contribution in [0.5, 0.6) is 0 Å². The number of carboxylic acids is 1. The summed E-state index contributed by atoms with van der Waals surface area (Å²) in [7, 11) is 0. The van der Waals surface area contributed by atoms with Gasteiger partial charge in [0.1, 0.15) is 21.6 Å². The van der Waals surface area contributed by atoms with Crippen LogP contribution in [0.1, 0.15) is 21.9 Å². The van der Waals surface area contributed by atoms with Crippen LogP contribution in [0.3, 0.4) is 0 Å². The molecule has 3 aromatic heterocycles. The van der Waals surface area contributed by atoms with Crippen LogP contribution in [0, 0.1) is 6.92 Å². The molecular weight excluding hydrogens is 327 g/mol. The molecule has 8 heteroatoms. The number of halogens is 2. The molecule has 3 rings (SSSR count). The highest BCUT2D eigenvalue weighted by Gasteiger charge is 2.14. The first-order chi connectivity index (χ1) is 10.5. The van der Waals surface area contributed by atoms with Crippen molar-refractivity contribution in [3.8, 4) is 0 Å². The third-order valence-corrected chi connectivity index (χ3v) is 3.76. The first kappa shape index (κ1) is 14.7. The minimum Gasteiger partial charge on any atom is -0.477 e. The number of aromatic carboxylic acids is 1. The Morgan fingerprint density at radius 2 is 1.95 bits per heavy atom. The number of hydrogen-bond acceptors (Lipinski definition) is 4. The van der Waals surface area contributed by atoms with Gasteiger partial charge < -0.3 is 9.67 Å². The molecular formula is C14H10Cl2N4O2. The van der Waals surface area contributed by atoms with Gasteiger partial charge in [0.15, 0.2) is 11.3 Å². The van der Waals surface area contributed by atoms with Crippen molar-refractivity contribution in [3.05, 3.63) is 51.7 Å². The van der Waals surface area contributed by atoms with Crippen molar-refractivity contribution < 1.29 is 9.90 Å². The van der Waals surface area contributed by atoms with Gasteiger partial charge in [0.25, 0.3) is 0 Å². The van der Waals surface area contributed by atoms with Crippen molar-refractivity contribution in [2.75, 3.05) is 0 Å². The molecule has 0 atom stereocenters. The molecule has 0 radical (unpaired) electrons. The molecule has 0 aromatic carbocycles. The summed E-state index contributed by atoms with van der Waals surface area (Å²) in [4.78, 5) is 23.6. The van der Waals surface area contributed by atoms with E-state index in [0.29, 0.717) is 33.8 Å². The number of fused-ring (bicyclic) bond motifs is 1. The molecule has 6 nitrogen and oxygen atoms in total. The fourth-order valence-electron chi connectivity index (χ4n) is 2.15. The Morgan fingerprint density at radius 1 is 1.18 bits per heavy atom. The lowest BCUT2D eigenvalue weighted by Gasteiger charge is -2.08. The molecule has 0 aliphatic carbocycles. The summed E-state index contributed by atoms with van der Waals surface area (Å²) in [6, 6.07) is 6.48. The first-order valence-corrected chi connectivity index (χ1v) is 7.09. The summed E-state index contributed by atoms with van der Waals surface area (Å²) >= 11 is 11.9. The summed E-state index contributed by atoms with van der Waals surface area (Å²) in [5.74, 6) is -0.380. The summed E-state index contributed by atoms with van der Waals surface area (Å²) in [6.07, 6.45) is 0. The normalized spacial score (nSPS) is 11.0. The molecule has 0 saturated carbocycles. The SMILES string of the molecule is Cc1nc2ccc(C(=O)O)nc2n1Cc1ccc(Cl)nc1Cl. The van der Waals surface area contributed by atoms with Crippen molar-refractivity contribution >= 4 is 40.3 Å². The predicted octanol–water partition coefficient (Wildman–Crippen LogP) is 3.19. The fourth-order valence-corrected chi connectivity index (χ4v) is 2.56. The third kappa shape index (κ3) is 2.63. The molecule has 0 unspecified atom stereocenters. The Morgan fingerprint density at radius 3 is 2.64 bits per heavy atom. The molecule has 1 N–H and O–H groups in total. The van der Waals surface area contributed by atoms with E-state index in [1.165, 1.54) is 6.07 Å². The van der Waals surface area contributed by atoms with Gasteiger partial charge in [0.2, 0.25) is 0 Å². The smallest absolute Gasteiger partial charge is 0.354 e. The van der Waals surface area contributed by atoms with Crippen LogP contribution >= 0.6 is 23.2 Å². The lowest BCUT2D eigenvalue weighted by molar-refractivity contribution is 0.0691. The van der Waals surface area contributed by atoms with Crippen molar-refractivity contribution in [1.82, 2.24) is 19.5 Å². The number of imidazole rings is 1. The summed E-state index contributed by atoms with van der Waals surface area (Å²) in [5.41, 5.74) is 1.83. The van der Waals surface area contributed by atoms with E-state index in [9.17, 15) is 4.79 Å². The van der Waals surface area contributed by atoms with E-state index < -0.39 is 5.97 Å². The molecule has 22 heavy (non-hydrogen) atoms. The number of aromatic nitrogens is 4. The van der Waals surface area contributed by atoms with E-state index in [-0.39, 0.29) is 5.69 Å². The van der Waals surface area contributed by atoms with E-state index in [2.05, 4.69) is 15.0 Å². The minimum atomic E-state index is -1.08. The molecule has 0 aliphatic rings. The second-order valence-corrected chi connectivity index (χ2v) is 5.42. The molecule has 0 spiro atoms. The average molecular weight is 337 g/mol. The van der Waals surface area contributed by atoms with E-state index in [1.54, 1.807) is 22.8 Å². The molecule has 0 fully saturated rings. The van der Waals surface area contributed by atoms with Gasteiger partial charge in [0.05, 0.1) is 6.54 Å². The van der Waals surface area contributed by atoms with Crippen LogP contribution in [-0.4, -0.2) is 30.6 Å². The van der Waals surface area contributed by atoms with Crippen molar-refractivity contribution in [3.63, 3.8) is 0 Å². The van der Waals surface area contributed by atoms with Gasteiger partial charge in [-0.05, 0) is 25.1 Å². The van der Waals surface area contributed by atoms with Crippen LogP contribution in [0.4, 0.5) is 0 Å². The number of rotatable bonds is 3. The van der Waals surface area contributed by atoms with Crippen molar-refractivity contribution in [2.24, 2.45) is 0 Å². The Kier molecular flexibility index (Phi) is 3.72. The predicted molar refractivity (Wildman–Crippen MR) is 82.6 cm³/mol. The van der Waals surface area contributed by atoms with Crippen molar-refractivity contribution in [1.29, 1.82) is 0 Å². The number of pyridine rings is 2. The van der Waals surface area contributed by atoms with E-state index >= 15 is 0 Å². The molecule has 0 amide bonds. The summed E-state index contributed by atoms with van der Waals surface area (Å²) < 4.78 is 1.79. The molecule has 0 saturated heterocycles. The Bertz CT molecular complexity index is 892. The number of carbonyl (C=O) groups is 1. The Balaban J connectivity index is 2.11. The Hall–Kier alpha value is -2.18. The quantitative estimate of drug-likeness (QED) is 0.743. The second-order valence-electron chi connectivity index (χ2n) is 4.67. The van der Waals surface area contributed by atoms with E-state index in [0.717, 1.165) is 5.56 Å². The number of carboxylic acid groups (broad SMARTS) is 1. The highest BCUT2D eigenvalue weighted by Crippen LogP contribution is 2.21. The zero-order valence-corrected chi connectivity index (χ0v) is 12.9. The molecule has 3 aromatic rings. The molecule has 0 bridgehead atoms. The summed E-state index contributed by atoms with van der Waals surface area (Å²) in [5, 5.41) is 9.68. The van der Waals surface area contributed by atoms with Gasteiger partial charge in [-0.25, -0.2) is 19.7 Å². The zero-order chi connectivity index (χ0) is 15.9. The minimum absolute atomic E-state index is 0.0334. The zero-order valence-electron chi connectivity index (χ0n) is 11.4. The van der Waals surface area contributed by atoms with Crippen LogP contribution < -0.4 is 0 Å². The number of aryl methyl sites for hydroxylation is 1. The monoisotopic (exact) mass is 336 g/mol. The van der Waals surface area contributed by atoms with E-state index in [1.807, 2.05) is 6.92 Å². The van der Waals surface area contributed by atoms with Crippen LogP contribution in [0.2, 0.25) is 10.3 Å². The van der Waals surface area contributed by atoms with Gasteiger partial charge >= 0.3 is 5.97 Å². The van der Waals surface area contributed by atoms with Crippen LogP contribution in [0.25, 0.3) is 11.2 Å². The molecule has 0 aliphatic heterocycles. The maximum Gasteiger partial charge on any atom is 0.354 e. The fraction of sp³-hybridized carbons (Fsp3) is 0.143. The average Bonchev–Trinajstić information content (AvgIpc) is 2.77. The Labute approximate surface area is 135 Å². The van der Waals surface area contributed by atoms with Gasteiger partial charge in [-0.3, -0.25) is 0 Å². The first-order valence-electron chi connectivity index (χ1n) is 6.34. The number of nitrogens with zero attached hydrogens (tertiary/aromatic N) is 4. The second kappa shape index (κ2) is 5.55. The highest BCUT2D eigenvalue weighted by molar-refractivity contribution is 6.32. The lowest BCUT2D eigenvalue weighted by atomic mass is 10.3. The maximum absolute atomic E-state index is 11.1. The van der Waals surface area contributed by atoms with Gasteiger partial charge in [-0.15, -0.1) is 0 Å². The highest BCUT2D eigenvalue weighted by atomic mass is 35.5. The summed E-state index contributed by atoms with van der Waals surface area (Å²) in [6.45, 7) is 2.20. The van der Waals surface area contributed by atoms with Gasteiger partial charge in [-0.2, -0.15) is 0 Å². The molecule has 112 valence electrons. The van der Waals surface area contributed by atoms with Crippen molar-refractivity contribution in [2.45, 2.75) is 13.5 Å². The third-order valence-electron chi connectivity index (χ3n) is 3.22. The number of hydrogen-bond donors (Lipinski definition) is 1.